The van der Waals surface area contributed by atoms with E-state index in [2.05, 4.69) is 12.2 Å². The number of amides is 1. The molecule has 0 heterocycles. The molecular formula is C10H19NO2. The van der Waals surface area contributed by atoms with Gasteiger partial charge in [-0.3, -0.25) is 4.79 Å². The number of aliphatic hydroxyl groups is 1. The minimum absolute atomic E-state index is 0.0366. The fourth-order valence-electron chi connectivity index (χ4n) is 2.10. The molecular weight excluding hydrogens is 166 g/mol. The molecule has 1 aliphatic carbocycles. The van der Waals surface area contributed by atoms with Crippen LogP contribution in [0.2, 0.25) is 0 Å². The molecule has 0 bridgehead atoms. The fraction of sp³-hybridized carbons (Fsp3) is 0.900. The van der Waals surface area contributed by atoms with E-state index in [0.29, 0.717) is 0 Å². The highest BCUT2D eigenvalue weighted by Crippen LogP contribution is 2.30. The lowest BCUT2D eigenvalue weighted by molar-refractivity contribution is -0.121. The van der Waals surface area contributed by atoms with Gasteiger partial charge in [0.1, 0.15) is 0 Å². The average Bonchev–Trinajstić information content (AvgIpc) is 2.09. The molecule has 0 aromatic rings. The molecule has 1 fully saturated rings. The normalized spacial score (nSPS) is 34.2. The highest BCUT2D eigenvalue weighted by atomic mass is 16.3. The zero-order chi connectivity index (χ0) is 9.90. The smallest absolute Gasteiger partial charge is 0.217 e. The number of hydrogen-bond donors (Lipinski definition) is 2. The summed E-state index contributed by atoms with van der Waals surface area (Å²) in [6.07, 6.45) is 4.24. The Morgan fingerprint density at radius 1 is 1.54 bits per heavy atom. The van der Waals surface area contributed by atoms with Gasteiger partial charge in [-0.2, -0.15) is 0 Å². The van der Waals surface area contributed by atoms with E-state index in [1.54, 1.807) is 6.92 Å². The molecule has 3 heteroatoms. The van der Waals surface area contributed by atoms with Gasteiger partial charge < -0.3 is 10.4 Å². The summed E-state index contributed by atoms with van der Waals surface area (Å²) in [5.74, 6) is 0.0400. The van der Waals surface area contributed by atoms with Gasteiger partial charge in [0.05, 0.1) is 6.10 Å². The minimum atomic E-state index is -0.159. The van der Waals surface area contributed by atoms with Gasteiger partial charge >= 0.3 is 0 Å². The van der Waals surface area contributed by atoms with E-state index < -0.39 is 0 Å². The van der Waals surface area contributed by atoms with Crippen LogP contribution in [0.4, 0.5) is 0 Å². The Bertz CT molecular complexity index is 183. The molecule has 76 valence electrons. The Morgan fingerprint density at radius 3 is 2.46 bits per heavy atom. The SMILES string of the molecule is CCC1(NC(C)=O)CCC(O)CC1. The van der Waals surface area contributed by atoms with E-state index in [9.17, 15) is 9.90 Å². The maximum atomic E-state index is 11.0. The van der Waals surface area contributed by atoms with Crippen LogP contribution in [0.1, 0.15) is 46.0 Å². The zero-order valence-corrected chi connectivity index (χ0v) is 8.47. The number of carbonyl (C=O) groups is 1. The Labute approximate surface area is 79.5 Å². The van der Waals surface area contributed by atoms with Gasteiger partial charge in [0.15, 0.2) is 0 Å². The first kappa shape index (κ1) is 10.5. The molecule has 0 aliphatic heterocycles. The standard InChI is InChI=1S/C10H19NO2/c1-3-10(11-8(2)12)6-4-9(13)5-7-10/h9,13H,3-7H2,1-2H3,(H,11,12). The molecule has 0 unspecified atom stereocenters. The number of carbonyl (C=O) groups excluding carboxylic acids is 1. The predicted octanol–water partition coefficient (Wildman–Crippen LogP) is 1.21. The molecule has 0 aromatic carbocycles. The van der Waals surface area contributed by atoms with Crippen LogP contribution in [0.15, 0.2) is 0 Å². The third-order valence-corrected chi connectivity index (χ3v) is 3.03. The monoisotopic (exact) mass is 185 g/mol. The van der Waals surface area contributed by atoms with E-state index in [1.165, 1.54) is 0 Å². The molecule has 0 aromatic heterocycles. The van der Waals surface area contributed by atoms with Gasteiger partial charge in [0.2, 0.25) is 5.91 Å². The largest absolute Gasteiger partial charge is 0.393 e. The number of aliphatic hydroxyl groups excluding tert-OH is 1. The van der Waals surface area contributed by atoms with Crippen LogP contribution in [0, 0.1) is 0 Å². The summed E-state index contributed by atoms with van der Waals surface area (Å²) in [6.45, 7) is 3.65. The number of nitrogens with one attached hydrogen (secondary N) is 1. The topological polar surface area (TPSA) is 49.3 Å². The van der Waals surface area contributed by atoms with Crippen molar-refractivity contribution < 1.29 is 9.90 Å². The molecule has 1 aliphatic rings. The maximum Gasteiger partial charge on any atom is 0.217 e. The lowest BCUT2D eigenvalue weighted by Gasteiger charge is -2.38. The predicted molar refractivity (Wildman–Crippen MR) is 51.3 cm³/mol. The van der Waals surface area contributed by atoms with Crippen LogP contribution in [0.5, 0.6) is 0 Å². The Morgan fingerprint density at radius 2 is 2.08 bits per heavy atom. The van der Waals surface area contributed by atoms with Crippen LogP contribution in [-0.2, 0) is 4.79 Å². The van der Waals surface area contributed by atoms with Crippen molar-refractivity contribution in [2.75, 3.05) is 0 Å². The first-order chi connectivity index (χ1) is 6.08. The lowest BCUT2D eigenvalue weighted by atomic mass is 9.78. The van der Waals surface area contributed by atoms with Crippen LogP contribution in [0.25, 0.3) is 0 Å². The van der Waals surface area contributed by atoms with Crippen molar-refractivity contribution in [3.8, 4) is 0 Å². The number of rotatable bonds is 2. The van der Waals surface area contributed by atoms with Gasteiger partial charge in [-0.05, 0) is 32.1 Å². The van der Waals surface area contributed by atoms with Crippen molar-refractivity contribution >= 4 is 5.91 Å². The second-order valence-corrected chi connectivity index (χ2v) is 4.05. The summed E-state index contributed by atoms with van der Waals surface area (Å²) in [7, 11) is 0. The second-order valence-electron chi connectivity index (χ2n) is 4.05. The molecule has 0 saturated heterocycles. The summed E-state index contributed by atoms with van der Waals surface area (Å²) in [4.78, 5) is 11.0. The highest BCUT2D eigenvalue weighted by Gasteiger charge is 2.33. The molecule has 13 heavy (non-hydrogen) atoms. The van der Waals surface area contributed by atoms with Crippen molar-refractivity contribution in [2.45, 2.75) is 57.6 Å². The first-order valence-electron chi connectivity index (χ1n) is 5.05. The number of hydrogen-bond acceptors (Lipinski definition) is 2. The molecule has 2 N–H and O–H groups in total. The second kappa shape index (κ2) is 4.09. The minimum Gasteiger partial charge on any atom is -0.393 e. The Kier molecular flexibility index (Phi) is 3.31. The Hall–Kier alpha value is -0.570. The lowest BCUT2D eigenvalue weighted by Crippen LogP contribution is -2.50. The van der Waals surface area contributed by atoms with Crippen LogP contribution < -0.4 is 5.32 Å². The average molecular weight is 185 g/mol. The molecule has 0 atom stereocenters. The first-order valence-corrected chi connectivity index (χ1v) is 5.05. The van der Waals surface area contributed by atoms with Crippen LogP contribution in [0.3, 0.4) is 0 Å². The van der Waals surface area contributed by atoms with Crippen molar-refractivity contribution in [3.63, 3.8) is 0 Å². The van der Waals surface area contributed by atoms with Gasteiger partial charge in [-0.25, -0.2) is 0 Å². The maximum absolute atomic E-state index is 11.0. The molecule has 0 spiro atoms. The third-order valence-electron chi connectivity index (χ3n) is 3.03. The summed E-state index contributed by atoms with van der Waals surface area (Å²) < 4.78 is 0. The van der Waals surface area contributed by atoms with Gasteiger partial charge in [0.25, 0.3) is 0 Å². The van der Waals surface area contributed by atoms with Gasteiger partial charge in [-0.15, -0.1) is 0 Å². The van der Waals surface area contributed by atoms with Crippen molar-refractivity contribution in [1.82, 2.24) is 5.32 Å². The van der Waals surface area contributed by atoms with Crippen LogP contribution in [-0.4, -0.2) is 22.7 Å². The third kappa shape index (κ3) is 2.69. The Balaban J connectivity index is 2.55. The van der Waals surface area contributed by atoms with Gasteiger partial charge in [-0.1, -0.05) is 6.92 Å². The zero-order valence-electron chi connectivity index (χ0n) is 8.47. The van der Waals surface area contributed by atoms with Gasteiger partial charge in [0, 0.05) is 12.5 Å². The van der Waals surface area contributed by atoms with E-state index in [4.69, 9.17) is 0 Å². The molecule has 1 saturated carbocycles. The van der Waals surface area contributed by atoms with E-state index >= 15 is 0 Å². The molecule has 0 radical (unpaired) electrons. The molecule has 1 amide bonds. The quantitative estimate of drug-likeness (QED) is 0.679. The summed E-state index contributed by atoms with van der Waals surface area (Å²) in [5.41, 5.74) is -0.0366. The van der Waals surface area contributed by atoms with Crippen molar-refractivity contribution in [3.05, 3.63) is 0 Å². The van der Waals surface area contributed by atoms with E-state index in [-0.39, 0.29) is 17.6 Å². The summed E-state index contributed by atoms with van der Waals surface area (Å²) >= 11 is 0. The van der Waals surface area contributed by atoms with Crippen molar-refractivity contribution in [2.24, 2.45) is 0 Å². The summed E-state index contributed by atoms with van der Waals surface area (Å²) in [5, 5.41) is 12.4. The van der Waals surface area contributed by atoms with Crippen LogP contribution >= 0.6 is 0 Å². The van der Waals surface area contributed by atoms with E-state index in [1.807, 2.05) is 0 Å². The summed E-state index contributed by atoms with van der Waals surface area (Å²) in [6, 6.07) is 0. The van der Waals surface area contributed by atoms with Crippen molar-refractivity contribution in [1.29, 1.82) is 0 Å². The molecule has 1 rings (SSSR count). The highest BCUT2D eigenvalue weighted by molar-refractivity contribution is 5.73. The fourth-order valence-corrected chi connectivity index (χ4v) is 2.10. The molecule has 3 nitrogen and oxygen atoms in total. The van der Waals surface area contributed by atoms with E-state index in [0.717, 1.165) is 32.1 Å².